The molecule has 2 N–H and O–H groups in total. The standard InChI is InChI=1S/C11H10N4O3S/c16-10(7-1-4-13-14-5-7)12-3-2-9-15-8(6-19-9)11(17)18/h1,4-6H,2-3H2,(H,12,16)(H,17,18). The largest absolute Gasteiger partial charge is 0.476 e. The molecule has 0 atom stereocenters. The van der Waals surface area contributed by atoms with Gasteiger partial charge in [-0.3, -0.25) is 4.79 Å². The molecule has 0 aliphatic heterocycles. The average molecular weight is 278 g/mol. The Bertz CT molecular complexity index is 585. The number of hydrogen-bond acceptors (Lipinski definition) is 6. The fourth-order valence-corrected chi connectivity index (χ4v) is 2.11. The predicted octanol–water partition coefficient (Wildman–Crippen LogP) is 0.604. The first kappa shape index (κ1) is 13.1. The lowest BCUT2D eigenvalue weighted by molar-refractivity contribution is 0.0690. The second kappa shape index (κ2) is 6.01. The molecule has 0 unspecified atom stereocenters. The Hall–Kier alpha value is -2.35. The van der Waals surface area contributed by atoms with Gasteiger partial charge in [-0.1, -0.05) is 0 Å². The van der Waals surface area contributed by atoms with Crippen LogP contribution in [0.5, 0.6) is 0 Å². The summed E-state index contributed by atoms with van der Waals surface area (Å²) in [7, 11) is 0. The van der Waals surface area contributed by atoms with Crippen molar-refractivity contribution in [1.29, 1.82) is 0 Å². The first-order valence-electron chi connectivity index (χ1n) is 5.39. The molecule has 98 valence electrons. The maximum absolute atomic E-state index is 11.7. The van der Waals surface area contributed by atoms with Crippen LogP contribution < -0.4 is 5.32 Å². The van der Waals surface area contributed by atoms with Crippen LogP contribution in [0.4, 0.5) is 0 Å². The van der Waals surface area contributed by atoms with Crippen LogP contribution in [0, 0.1) is 0 Å². The van der Waals surface area contributed by atoms with Crippen molar-refractivity contribution in [1.82, 2.24) is 20.5 Å². The van der Waals surface area contributed by atoms with E-state index in [0.29, 0.717) is 23.5 Å². The number of thiazole rings is 1. The van der Waals surface area contributed by atoms with Crippen LogP contribution in [-0.2, 0) is 6.42 Å². The molecule has 19 heavy (non-hydrogen) atoms. The highest BCUT2D eigenvalue weighted by atomic mass is 32.1. The zero-order chi connectivity index (χ0) is 13.7. The third-order valence-corrected chi connectivity index (χ3v) is 3.15. The van der Waals surface area contributed by atoms with Gasteiger partial charge in [0.2, 0.25) is 0 Å². The fourth-order valence-electron chi connectivity index (χ4n) is 1.33. The van der Waals surface area contributed by atoms with Gasteiger partial charge in [-0.25, -0.2) is 9.78 Å². The van der Waals surface area contributed by atoms with E-state index in [2.05, 4.69) is 20.5 Å². The highest BCUT2D eigenvalue weighted by Gasteiger charge is 2.09. The summed E-state index contributed by atoms with van der Waals surface area (Å²) in [5, 5.41) is 20.8. The molecule has 0 bridgehead atoms. The van der Waals surface area contributed by atoms with Gasteiger partial charge in [0.15, 0.2) is 5.69 Å². The molecule has 0 radical (unpaired) electrons. The van der Waals surface area contributed by atoms with Gasteiger partial charge in [0.1, 0.15) is 0 Å². The van der Waals surface area contributed by atoms with E-state index in [9.17, 15) is 9.59 Å². The summed E-state index contributed by atoms with van der Waals surface area (Å²) in [6.07, 6.45) is 3.30. The lowest BCUT2D eigenvalue weighted by Crippen LogP contribution is -2.25. The number of rotatable bonds is 5. The van der Waals surface area contributed by atoms with Crippen LogP contribution in [0.1, 0.15) is 25.9 Å². The van der Waals surface area contributed by atoms with Gasteiger partial charge in [-0.2, -0.15) is 10.2 Å². The summed E-state index contributed by atoms with van der Waals surface area (Å²) >= 11 is 1.26. The third-order valence-electron chi connectivity index (χ3n) is 2.24. The van der Waals surface area contributed by atoms with Crippen LogP contribution in [-0.4, -0.2) is 38.7 Å². The number of carbonyl (C=O) groups is 2. The lowest BCUT2D eigenvalue weighted by atomic mass is 10.3. The minimum Gasteiger partial charge on any atom is -0.476 e. The van der Waals surface area contributed by atoms with Crippen LogP contribution in [0.3, 0.4) is 0 Å². The summed E-state index contributed by atoms with van der Waals surface area (Å²) in [5.41, 5.74) is 0.463. The van der Waals surface area contributed by atoms with E-state index in [-0.39, 0.29) is 11.6 Å². The number of carbonyl (C=O) groups excluding carboxylic acids is 1. The summed E-state index contributed by atoms with van der Waals surface area (Å²) in [6.45, 7) is 0.383. The van der Waals surface area contributed by atoms with Crippen LogP contribution in [0.25, 0.3) is 0 Å². The fraction of sp³-hybridized carbons (Fsp3) is 0.182. The summed E-state index contributed by atoms with van der Waals surface area (Å²) in [5.74, 6) is -1.29. The highest BCUT2D eigenvalue weighted by Crippen LogP contribution is 2.09. The number of carboxylic acids is 1. The molecule has 2 rings (SSSR count). The van der Waals surface area contributed by atoms with Crippen LogP contribution in [0.15, 0.2) is 23.8 Å². The Balaban J connectivity index is 1.83. The number of aromatic nitrogens is 3. The molecule has 8 heteroatoms. The van der Waals surface area contributed by atoms with Crippen molar-refractivity contribution in [3.63, 3.8) is 0 Å². The molecule has 7 nitrogen and oxygen atoms in total. The molecule has 0 aromatic carbocycles. The van der Waals surface area contributed by atoms with E-state index in [0.717, 1.165) is 0 Å². The van der Waals surface area contributed by atoms with Crippen molar-refractivity contribution in [2.75, 3.05) is 6.54 Å². The van der Waals surface area contributed by atoms with Gasteiger partial charge in [0.25, 0.3) is 5.91 Å². The van der Waals surface area contributed by atoms with E-state index in [1.54, 1.807) is 6.07 Å². The Labute approximate surface area is 112 Å². The lowest BCUT2D eigenvalue weighted by Gasteiger charge is -2.02. The van der Waals surface area contributed by atoms with E-state index in [1.807, 2.05) is 0 Å². The van der Waals surface area contributed by atoms with E-state index < -0.39 is 5.97 Å². The molecule has 2 aromatic rings. The first-order valence-corrected chi connectivity index (χ1v) is 6.27. The summed E-state index contributed by atoms with van der Waals surface area (Å²) in [4.78, 5) is 26.2. The molecule has 0 aliphatic carbocycles. The zero-order valence-corrected chi connectivity index (χ0v) is 10.6. The highest BCUT2D eigenvalue weighted by molar-refractivity contribution is 7.09. The van der Waals surface area contributed by atoms with Gasteiger partial charge in [0, 0.05) is 18.3 Å². The normalized spacial score (nSPS) is 10.1. The summed E-state index contributed by atoms with van der Waals surface area (Å²) in [6, 6.07) is 1.56. The number of carboxylic acid groups (broad SMARTS) is 1. The molecular weight excluding hydrogens is 268 g/mol. The van der Waals surface area contributed by atoms with E-state index >= 15 is 0 Å². The van der Waals surface area contributed by atoms with Crippen molar-refractivity contribution in [3.05, 3.63) is 40.1 Å². The van der Waals surface area contributed by atoms with Crippen molar-refractivity contribution in [3.8, 4) is 0 Å². The van der Waals surface area contributed by atoms with Gasteiger partial charge in [-0.05, 0) is 6.07 Å². The maximum atomic E-state index is 11.7. The van der Waals surface area contributed by atoms with Crippen LogP contribution >= 0.6 is 11.3 Å². The Morgan fingerprint density at radius 1 is 1.37 bits per heavy atom. The molecule has 0 saturated heterocycles. The predicted molar refractivity (Wildman–Crippen MR) is 67.1 cm³/mol. The number of aromatic carboxylic acids is 1. The zero-order valence-electron chi connectivity index (χ0n) is 9.74. The molecule has 0 aliphatic rings. The van der Waals surface area contributed by atoms with Crippen molar-refractivity contribution < 1.29 is 14.7 Å². The van der Waals surface area contributed by atoms with E-state index in [4.69, 9.17) is 5.11 Å². The summed E-state index contributed by atoms with van der Waals surface area (Å²) < 4.78 is 0. The molecule has 2 aromatic heterocycles. The molecule has 0 saturated carbocycles. The maximum Gasteiger partial charge on any atom is 0.355 e. The number of hydrogen-bond donors (Lipinski definition) is 2. The van der Waals surface area contributed by atoms with Gasteiger partial charge < -0.3 is 10.4 Å². The van der Waals surface area contributed by atoms with Crippen molar-refractivity contribution >= 4 is 23.2 Å². The molecule has 0 fully saturated rings. The molecule has 1 amide bonds. The number of nitrogens with one attached hydrogen (secondary N) is 1. The van der Waals surface area contributed by atoms with Crippen LogP contribution in [0.2, 0.25) is 0 Å². The topological polar surface area (TPSA) is 105 Å². The molecular formula is C11H10N4O3S. The Morgan fingerprint density at radius 2 is 2.21 bits per heavy atom. The van der Waals surface area contributed by atoms with Gasteiger partial charge >= 0.3 is 5.97 Å². The second-order valence-corrected chi connectivity index (χ2v) is 4.51. The number of amides is 1. The van der Waals surface area contributed by atoms with E-state index in [1.165, 1.54) is 29.1 Å². The Morgan fingerprint density at radius 3 is 2.84 bits per heavy atom. The molecule has 2 heterocycles. The average Bonchev–Trinajstić information content (AvgIpc) is 2.89. The second-order valence-electron chi connectivity index (χ2n) is 3.57. The SMILES string of the molecule is O=C(NCCc1nc(C(=O)O)cs1)c1ccnnc1. The first-order chi connectivity index (χ1) is 9.16. The quantitative estimate of drug-likeness (QED) is 0.830. The van der Waals surface area contributed by atoms with Gasteiger partial charge in [-0.15, -0.1) is 11.3 Å². The van der Waals surface area contributed by atoms with Crippen molar-refractivity contribution in [2.24, 2.45) is 0 Å². The minimum atomic E-state index is -1.05. The molecule has 0 spiro atoms. The third kappa shape index (κ3) is 3.55. The smallest absolute Gasteiger partial charge is 0.355 e. The monoisotopic (exact) mass is 278 g/mol. The Kier molecular flexibility index (Phi) is 4.14. The minimum absolute atomic E-state index is 0.0321. The van der Waals surface area contributed by atoms with Gasteiger partial charge in [0.05, 0.1) is 23.0 Å². The van der Waals surface area contributed by atoms with Crippen molar-refractivity contribution in [2.45, 2.75) is 6.42 Å². The number of nitrogens with zero attached hydrogens (tertiary/aromatic N) is 3.